The van der Waals surface area contributed by atoms with Crippen LogP contribution in [0.25, 0.3) is 0 Å². The van der Waals surface area contributed by atoms with Gasteiger partial charge in [0.25, 0.3) is 0 Å². The van der Waals surface area contributed by atoms with Crippen molar-refractivity contribution < 1.29 is 4.79 Å². The minimum absolute atomic E-state index is 0.186. The van der Waals surface area contributed by atoms with Crippen molar-refractivity contribution in [3.63, 3.8) is 0 Å². The second-order valence-corrected chi connectivity index (χ2v) is 6.00. The number of piperidine rings is 1. The van der Waals surface area contributed by atoms with E-state index in [2.05, 4.69) is 43.5 Å². The molecule has 3 nitrogen and oxygen atoms in total. The Morgan fingerprint density at radius 2 is 1.85 bits per heavy atom. The van der Waals surface area contributed by atoms with Crippen LogP contribution in [0.1, 0.15) is 43.7 Å². The number of carbonyl (C=O) groups excluding carboxylic acids is 1. The lowest BCUT2D eigenvalue weighted by Gasteiger charge is -2.36. The van der Waals surface area contributed by atoms with Gasteiger partial charge in [0.15, 0.2) is 0 Å². The Hall–Kier alpha value is -1.35. The molecule has 0 radical (unpaired) electrons. The molecule has 0 aromatic heterocycles. The fourth-order valence-electron chi connectivity index (χ4n) is 3.23. The Morgan fingerprint density at radius 1 is 1.25 bits per heavy atom. The molecule has 110 valence electrons. The first-order valence-corrected chi connectivity index (χ1v) is 7.67. The minimum atomic E-state index is -0.186. The van der Waals surface area contributed by atoms with Gasteiger partial charge < -0.3 is 10.6 Å². The highest BCUT2D eigenvalue weighted by Gasteiger charge is 2.38. The Morgan fingerprint density at radius 3 is 2.40 bits per heavy atom. The first-order valence-electron chi connectivity index (χ1n) is 7.67. The number of hydrogen-bond acceptors (Lipinski definition) is 2. The normalized spacial score (nSPS) is 17.8. The fraction of sp³-hybridized carbons (Fsp3) is 0.588. The van der Waals surface area contributed by atoms with Gasteiger partial charge in [0.2, 0.25) is 5.91 Å². The lowest BCUT2D eigenvalue weighted by molar-refractivity contribution is -0.127. The minimum Gasteiger partial charge on any atom is -0.325 e. The highest BCUT2D eigenvalue weighted by molar-refractivity contribution is 5.96. The van der Waals surface area contributed by atoms with Crippen molar-refractivity contribution in [3.05, 3.63) is 29.3 Å². The first kappa shape index (κ1) is 15.0. The molecule has 1 fully saturated rings. The van der Waals surface area contributed by atoms with Gasteiger partial charge in [-0.1, -0.05) is 31.5 Å². The summed E-state index contributed by atoms with van der Waals surface area (Å²) in [4.78, 5) is 12.8. The molecule has 20 heavy (non-hydrogen) atoms. The van der Waals surface area contributed by atoms with Crippen molar-refractivity contribution in [2.24, 2.45) is 5.41 Å². The van der Waals surface area contributed by atoms with Gasteiger partial charge in [-0.3, -0.25) is 4.79 Å². The Labute approximate surface area is 122 Å². The predicted octanol–water partition coefficient (Wildman–Crippen LogP) is 3.41. The third-order valence-corrected chi connectivity index (χ3v) is 4.49. The smallest absolute Gasteiger partial charge is 0.230 e. The van der Waals surface area contributed by atoms with Gasteiger partial charge in [0.1, 0.15) is 0 Å². The number of rotatable bonds is 4. The number of benzene rings is 1. The predicted molar refractivity (Wildman–Crippen MR) is 84.0 cm³/mol. The quantitative estimate of drug-likeness (QED) is 0.883. The zero-order valence-corrected chi connectivity index (χ0v) is 12.9. The van der Waals surface area contributed by atoms with E-state index in [0.717, 1.165) is 55.6 Å². The summed E-state index contributed by atoms with van der Waals surface area (Å²) in [5.41, 5.74) is 3.08. The number of amides is 1. The molecular formula is C17H26N2O. The highest BCUT2D eigenvalue weighted by atomic mass is 16.2. The summed E-state index contributed by atoms with van der Waals surface area (Å²) in [6.45, 7) is 8.16. The van der Waals surface area contributed by atoms with Gasteiger partial charge in [-0.15, -0.1) is 0 Å². The van der Waals surface area contributed by atoms with Crippen LogP contribution in [0.2, 0.25) is 0 Å². The van der Waals surface area contributed by atoms with Crippen molar-refractivity contribution in [1.29, 1.82) is 0 Å². The van der Waals surface area contributed by atoms with Crippen LogP contribution < -0.4 is 10.6 Å². The van der Waals surface area contributed by atoms with E-state index in [4.69, 9.17) is 0 Å². The number of hydrogen-bond donors (Lipinski definition) is 2. The van der Waals surface area contributed by atoms with Crippen LogP contribution in [0.3, 0.4) is 0 Å². The van der Waals surface area contributed by atoms with E-state index in [9.17, 15) is 4.79 Å². The van der Waals surface area contributed by atoms with Crippen LogP contribution in [0.5, 0.6) is 0 Å². The number of anilines is 1. The van der Waals surface area contributed by atoms with E-state index in [1.165, 1.54) is 0 Å². The molecule has 0 bridgehead atoms. The van der Waals surface area contributed by atoms with Crippen LogP contribution in [-0.4, -0.2) is 19.0 Å². The molecule has 2 rings (SSSR count). The zero-order chi connectivity index (χ0) is 14.6. The largest absolute Gasteiger partial charge is 0.325 e. The van der Waals surface area contributed by atoms with Crippen molar-refractivity contribution in [1.82, 2.24) is 5.32 Å². The van der Waals surface area contributed by atoms with Crippen molar-refractivity contribution in [2.45, 2.75) is 46.5 Å². The second-order valence-electron chi connectivity index (χ2n) is 6.00. The number of para-hydroxylation sites is 1. The van der Waals surface area contributed by atoms with Gasteiger partial charge in [-0.2, -0.15) is 0 Å². The molecule has 1 aromatic carbocycles. The molecule has 2 N–H and O–H groups in total. The molecule has 0 aliphatic carbocycles. The van der Waals surface area contributed by atoms with Gasteiger partial charge in [0, 0.05) is 5.69 Å². The summed E-state index contributed by atoms with van der Waals surface area (Å²) in [7, 11) is 0. The molecule has 1 aromatic rings. The Balaban J connectivity index is 2.20. The third kappa shape index (κ3) is 3.04. The summed E-state index contributed by atoms with van der Waals surface area (Å²) in [6.07, 6.45) is 3.92. The second kappa shape index (κ2) is 6.40. The molecule has 1 saturated heterocycles. The first-order chi connectivity index (χ1) is 9.59. The van der Waals surface area contributed by atoms with Crippen LogP contribution in [0.4, 0.5) is 5.69 Å². The van der Waals surface area contributed by atoms with E-state index in [1.54, 1.807) is 0 Å². The fourth-order valence-corrected chi connectivity index (χ4v) is 3.23. The van der Waals surface area contributed by atoms with E-state index >= 15 is 0 Å². The molecule has 1 aliphatic heterocycles. The highest BCUT2D eigenvalue weighted by Crippen LogP contribution is 2.36. The molecule has 1 aliphatic rings. The van der Waals surface area contributed by atoms with Gasteiger partial charge in [-0.05, 0) is 57.3 Å². The maximum atomic E-state index is 12.8. The van der Waals surface area contributed by atoms with Crippen molar-refractivity contribution in [3.8, 4) is 0 Å². The SMILES string of the molecule is CCCC1(C(=O)Nc2c(C)cccc2C)CCNCC1. The topological polar surface area (TPSA) is 41.1 Å². The Bertz CT molecular complexity index is 450. The molecule has 0 saturated carbocycles. The lowest BCUT2D eigenvalue weighted by Crippen LogP contribution is -2.45. The standard InChI is InChI=1S/C17H26N2O/c1-4-8-17(9-11-18-12-10-17)16(20)19-15-13(2)6-5-7-14(15)3/h5-7,18H,4,8-12H2,1-3H3,(H,19,20). The van der Waals surface area contributed by atoms with Crippen LogP contribution in [0, 0.1) is 19.3 Å². The number of carbonyl (C=O) groups is 1. The number of aryl methyl sites for hydroxylation is 2. The van der Waals surface area contributed by atoms with Gasteiger partial charge >= 0.3 is 0 Å². The third-order valence-electron chi connectivity index (χ3n) is 4.49. The maximum absolute atomic E-state index is 12.8. The van der Waals surface area contributed by atoms with Crippen molar-refractivity contribution >= 4 is 11.6 Å². The summed E-state index contributed by atoms with van der Waals surface area (Å²) in [6, 6.07) is 6.14. The average molecular weight is 274 g/mol. The molecule has 1 heterocycles. The lowest BCUT2D eigenvalue weighted by atomic mass is 9.74. The van der Waals surface area contributed by atoms with Crippen LogP contribution >= 0.6 is 0 Å². The Kier molecular flexibility index (Phi) is 4.81. The van der Waals surface area contributed by atoms with E-state index in [1.807, 2.05) is 6.07 Å². The number of nitrogens with one attached hydrogen (secondary N) is 2. The van der Waals surface area contributed by atoms with E-state index in [-0.39, 0.29) is 11.3 Å². The summed E-state index contributed by atoms with van der Waals surface area (Å²) in [5.74, 6) is 0.207. The molecule has 0 unspecified atom stereocenters. The zero-order valence-electron chi connectivity index (χ0n) is 12.9. The summed E-state index contributed by atoms with van der Waals surface area (Å²) >= 11 is 0. The van der Waals surface area contributed by atoms with E-state index in [0.29, 0.717) is 0 Å². The molecule has 0 spiro atoms. The summed E-state index contributed by atoms with van der Waals surface area (Å²) in [5, 5.41) is 6.57. The molecule has 1 amide bonds. The van der Waals surface area contributed by atoms with Crippen molar-refractivity contribution in [2.75, 3.05) is 18.4 Å². The van der Waals surface area contributed by atoms with Gasteiger partial charge in [0.05, 0.1) is 5.41 Å². The molecular weight excluding hydrogens is 248 g/mol. The summed E-state index contributed by atoms with van der Waals surface area (Å²) < 4.78 is 0. The molecule has 3 heteroatoms. The average Bonchev–Trinajstić information content (AvgIpc) is 2.44. The van der Waals surface area contributed by atoms with E-state index < -0.39 is 0 Å². The van der Waals surface area contributed by atoms with Crippen LogP contribution in [0.15, 0.2) is 18.2 Å². The molecule has 0 atom stereocenters. The van der Waals surface area contributed by atoms with Crippen LogP contribution in [-0.2, 0) is 4.79 Å². The van der Waals surface area contributed by atoms with Gasteiger partial charge in [-0.25, -0.2) is 0 Å². The monoisotopic (exact) mass is 274 g/mol. The maximum Gasteiger partial charge on any atom is 0.230 e.